The molecule has 2 saturated heterocycles. The van der Waals surface area contributed by atoms with Gasteiger partial charge in [-0.2, -0.15) is 0 Å². The Balaban J connectivity index is 1.76. The largest absolute Gasteiger partial charge is 0.481 e. The topological polar surface area (TPSA) is 81.1 Å². The second kappa shape index (κ2) is 7.11. The molecule has 120 valence electrons. The minimum Gasteiger partial charge on any atom is -0.481 e. The van der Waals surface area contributed by atoms with Crippen LogP contribution in [0.3, 0.4) is 0 Å². The van der Waals surface area contributed by atoms with Crippen LogP contribution < -0.4 is 0 Å². The number of amides is 2. The molecule has 0 aromatic rings. The molecule has 6 nitrogen and oxygen atoms in total. The predicted octanol–water partition coefficient (Wildman–Crippen LogP) is 1.39. The third kappa shape index (κ3) is 4.33. The number of urea groups is 1. The van der Waals surface area contributed by atoms with Crippen LogP contribution in [0.1, 0.15) is 39.0 Å². The Morgan fingerprint density at radius 2 is 1.52 bits per heavy atom. The van der Waals surface area contributed by atoms with Gasteiger partial charge in [-0.15, -0.1) is 0 Å². The van der Waals surface area contributed by atoms with Gasteiger partial charge in [-0.1, -0.05) is 0 Å². The number of likely N-dealkylation sites (tertiary alicyclic amines) is 2. The van der Waals surface area contributed by atoms with Crippen LogP contribution >= 0.6 is 0 Å². The minimum atomic E-state index is -0.750. The quantitative estimate of drug-likeness (QED) is 0.825. The SMILES string of the molecule is CC(O)C1CCN(C(=O)N2CCC(CC(=O)O)CC2)CC1. The Labute approximate surface area is 125 Å². The molecule has 21 heavy (non-hydrogen) atoms. The first-order valence-electron chi connectivity index (χ1n) is 7.91. The number of aliphatic carboxylic acids is 1. The molecule has 2 fully saturated rings. The van der Waals surface area contributed by atoms with Crippen LogP contribution in [0.2, 0.25) is 0 Å². The Bertz CT molecular complexity index is 370. The van der Waals surface area contributed by atoms with Crippen molar-refractivity contribution < 1.29 is 19.8 Å². The van der Waals surface area contributed by atoms with Crippen molar-refractivity contribution in [1.82, 2.24) is 9.80 Å². The van der Waals surface area contributed by atoms with Crippen molar-refractivity contribution in [3.63, 3.8) is 0 Å². The van der Waals surface area contributed by atoms with Crippen LogP contribution in [0.4, 0.5) is 4.79 Å². The van der Waals surface area contributed by atoms with Crippen molar-refractivity contribution >= 4 is 12.0 Å². The molecule has 0 spiro atoms. The van der Waals surface area contributed by atoms with Gasteiger partial charge in [0.2, 0.25) is 0 Å². The smallest absolute Gasteiger partial charge is 0.319 e. The lowest BCUT2D eigenvalue weighted by Gasteiger charge is -2.39. The number of piperidine rings is 2. The van der Waals surface area contributed by atoms with Gasteiger partial charge in [-0.05, 0) is 44.4 Å². The molecule has 6 heteroatoms. The van der Waals surface area contributed by atoms with Crippen molar-refractivity contribution in [2.24, 2.45) is 11.8 Å². The molecular weight excluding hydrogens is 272 g/mol. The van der Waals surface area contributed by atoms with Crippen molar-refractivity contribution in [2.45, 2.75) is 45.1 Å². The van der Waals surface area contributed by atoms with Crippen LogP contribution in [-0.4, -0.2) is 64.3 Å². The second-order valence-electron chi connectivity index (χ2n) is 6.38. The number of carboxylic acids is 1. The van der Waals surface area contributed by atoms with Crippen LogP contribution in [0.5, 0.6) is 0 Å². The van der Waals surface area contributed by atoms with Gasteiger partial charge in [0.25, 0.3) is 0 Å². The maximum absolute atomic E-state index is 12.4. The fourth-order valence-corrected chi connectivity index (χ4v) is 3.35. The number of carbonyl (C=O) groups excluding carboxylic acids is 1. The lowest BCUT2D eigenvalue weighted by Crippen LogP contribution is -2.50. The van der Waals surface area contributed by atoms with Gasteiger partial charge in [-0.25, -0.2) is 4.79 Å². The highest BCUT2D eigenvalue weighted by Gasteiger charge is 2.30. The molecule has 2 amide bonds. The molecule has 2 rings (SSSR count). The van der Waals surface area contributed by atoms with Gasteiger partial charge in [0.15, 0.2) is 0 Å². The van der Waals surface area contributed by atoms with E-state index in [1.54, 1.807) is 0 Å². The van der Waals surface area contributed by atoms with E-state index in [0.29, 0.717) is 32.1 Å². The third-order valence-corrected chi connectivity index (χ3v) is 4.84. The zero-order valence-electron chi connectivity index (χ0n) is 12.7. The van der Waals surface area contributed by atoms with Gasteiger partial charge in [-0.3, -0.25) is 4.79 Å². The van der Waals surface area contributed by atoms with Crippen molar-refractivity contribution in [3.8, 4) is 0 Å². The van der Waals surface area contributed by atoms with Crippen molar-refractivity contribution in [1.29, 1.82) is 0 Å². The maximum Gasteiger partial charge on any atom is 0.319 e. The van der Waals surface area contributed by atoms with Crippen LogP contribution in [-0.2, 0) is 4.79 Å². The van der Waals surface area contributed by atoms with Gasteiger partial charge >= 0.3 is 12.0 Å². The van der Waals surface area contributed by atoms with Crippen LogP contribution in [0, 0.1) is 11.8 Å². The standard InChI is InChI=1S/C15H26N2O4/c1-11(18)13-4-8-17(9-5-13)15(21)16-6-2-12(3-7-16)10-14(19)20/h11-13,18H,2-10H2,1H3,(H,19,20). The average molecular weight is 298 g/mol. The van der Waals surface area contributed by atoms with Gasteiger partial charge in [0.05, 0.1) is 6.10 Å². The predicted molar refractivity (Wildman–Crippen MR) is 77.9 cm³/mol. The van der Waals surface area contributed by atoms with E-state index in [0.717, 1.165) is 25.7 Å². The highest BCUT2D eigenvalue weighted by molar-refractivity contribution is 5.74. The number of aliphatic hydroxyl groups excluding tert-OH is 1. The molecule has 0 aliphatic carbocycles. The normalized spacial score (nSPS) is 23.1. The summed E-state index contributed by atoms with van der Waals surface area (Å²) >= 11 is 0. The minimum absolute atomic E-state index is 0.0767. The fourth-order valence-electron chi connectivity index (χ4n) is 3.35. The first kappa shape index (κ1) is 16.1. The average Bonchev–Trinajstić information content (AvgIpc) is 2.47. The number of hydrogen-bond acceptors (Lipinski definition) is 3. The summed E-state index contributed by atoms with van der Waals surface area (Å²) in [4.78, 5) is 26.9. The Kier molecular flexibility index (Phi) is 5.45. The number of hydrogen-bond donors (Lipinski definition) is 2. The first-order valence-corrected chi connectivity index (χ1v) is 7.91. The Morgan fingerprint density at radius 1 is 1.05 bits per heavy atom. The Morgan fingerprint density at radius 3 is 1.95 bits per heavy atom. The lowest BCUT2D eigenvalue weighted by atomic mass is 9.92. The summed E-state index contributed by atoms with van der Waals surface area (Å²) < 4.78 is 0. The maximum atomic E-state index is 12.4. The molecule has 0 radical (unpaired) electrons. The summed E-state index contributed by atoms with van der Waals surface area (Å²) in [5, 5.41) is 18.4. The molecule has 0 aromatic heterocycles. The second-order valence-corrected chi connectivity index (χ2v) is 6.38. The van der Waals surface area contributed by atoms with E-state index < -0.39 is 5.97 Å². The molecule has 2 aliphatic heterocycles. The van der Waals surface area contributed by atoms with E-state index in [9.17, 15) is 14.7 Å². The number of aliphatic hydroxyl groups is 1. The highest BCUT2D eigenvalue weighted by atomic mass is 16.4. The molecule has 1 unspecified atom stereocenters. The summed E-state index contributed by atoms with van der Waals surface area (Å²) in [6.07, 6.45) is 3.19. The first-order chi connectivity index (χ1) is 9.97. The summed E-state index contributed by atoms with van der Waals surface area (Å²) in [7, 11) is 0. The molecular formula is C15H26N2O4. The molecule has 1 atom stereocenters. The lowest BCUT2D eigenvalue weighted by molar-refractivity contribution is -0.138. The number of nitrogens with zero attached hydrogens (tertiary/aromatic N) is 2. The van der Waals surface area contributed by atoms with Crippen LogP contribution in [0.15, 0.2) is 0 Å². The summed E-state index contributed by atoms with van der Waals surface area (Å²) in [6, 6.07) is 0.0767. The molecule has 0 aromatic carbocycles. The number of carboxylic acid groups (broad SMARTS) is 1. The van der Waals surface area contributed by atoms with E-state index >= 15 is 0 Å². The van der Waals surface area contributed by atoms with E-state index in [1.165, 1.54) is 0 Å². The summed E-state index contributed by atoms with van der Waals surface area (Å²) in [5.41, 5.74) is 0. The zero-order chi connectivity index (χ0) is 15.4. The number of carbonyl (C=O) groups is 2. The van der Waals surface area contributed by atoms with Gasteiger partial charge in [0, 0.05) is 32.6 Å². The molecule has 2 aliphatic rings. The zero-order valence-corrected chi connectivity index (χ0v) is 12.7. The van der Waals surface area contributed by atoms with E-state index in [-0.39, 0.29) is 24.5 Å². The Hall–Kier alpha value is -1.30. The molecule has 0 bridgehead atoms. The third-order valence-electron chi connectivity index (χ3n) is 4.84. The van der Waals surface area contributed by atoms with Gasteiger partial charge in [0.1, 0.15) is 0 Å². The van der Waals surface area contributed by atoms with E-state index in [4.69, 9.17) is 5.11 Å². The van der Waals surface area contributed by atoms with E-state index in [2.05, 4.69) is 0 Å². The summed E-state index contributed by atoms with van der Waals surface area (Å²) in [5.74, 6) is -0.247. The fraction of sp³-hybridized carbons (Fsp3) is 0.867. The van der Waals surface area contributed by atoms with E-state index in [1.807, 2.05) is 16.7 Å². The van der Waals surface area contributed by atoms with Crippen molar-refractivity contribution in [3.05, 3.63) is 0 Å². The van der Waals surface area contributed by atoms with Crippen molar-refractivity contribution in [2.75, 3.05) is 26.2 Å². The highest BCUT2D eigenvalue weighted by Crippen LogP contribution is 2.24. The molecule has 2 N–H and O–H groups in total. The molecule has 0 saturated carbocycles. The van der Waals surface area contributed by atoms with Crippen LogP contribution in [0.25, 0.3) is 0 Å². The van der Waals surface area contributed by atoms with Gasteiger partial charge < -0.3 is 20.0 Å². The monoisotopic (exact) mass is 298 g/mol. The number of rotatable bonds is 3. The summed E-state index contributed by atoms with van der Waals surface area (Å²) in [6.45, 7) is 4.56. The molecule has 2 heterocycles.